The van der Waals surface area contributed by atoms with Gasteiger partial charge in [-0.25, -0.2) is 8.78 Å². The first-order valence-electron chi connectivity index (χ1n) is 5.01. The van der Waals surface area contributed by atoms with E-state index in [-0.39, 0.29) is 5.46 Å². The molecule has 1 aromatic carbocycles. The Hall–Kier alpha value is -1.51. The maximum Gasteiger partial charge on any atom is 0.488 e. The molecule has 0 aliphatic heterocycles. The molecule has 0 amide bonds. The van der Waals surface area contributed by atoms with E-state index in [1.54, 1.807) is 0 Å². The number of carbonyl (C=O) groups is 1. The smallest absolute Gasteiger partial charge is 0.480 e. The predicted molar refractivity (Wildman–Crippen MR) is 60.1 cm³/mol. The summed E-state index contributed by atoms with van der Waals surface area (Å²) in [4.78, 5) is 10.8. The zero-order valence-corrected chi connectivity index (χ0v) is 9.52. The molecule has 98 valence electrons. The minimum Gasteiger partial charge on any atom is -0.480 e. The number of hydrogen-bond donors (Lipinski definition) is 4. The monoisotopic (exact) mass is 259 g/mol. The Balaban J connectivity index is 3.16. The lowest BCUT2D eigenvalue weighted by Gasteiger charge is -2.20. The number of rotatable bonds is 4. The maximum atomic E-state index is 13.6. The molecule has 5 nitrogen and oxygen atoms in total. The van der Waals surface area contributed by atoms with Crippen molar-refractivity contribution in [2.45, 2.75) is 18.9 Å². The van der Waals surface area contributed by atoms with Crippen LogP contribution in [0.3, 0.4) is 0 Å². The highest BCUT2D eigenvalue weighted by molar-refractivity contribution is 6.58. The van der Waals surface area contributed by atoms with Crippen molar-refractivity contribution >= 4 is 18.6 Å². The summed E-state index contributed by atoms with van der Waals surface area (Å²) in [5, 5.41) is 26.4. The standard InChI is InChI=1S/C10H12BF2NO4/c1-10(14,9(15)16)4-6-7(12)2-5(11(17)18)3-8(6)13/h2-3,17-18H,4,14H2,1H3,(H,15,16)/t10-/m0/s1. The van der Waals surface area contributed by atoms with E-state index in [4.69, 9.17) is 20.9 Å². The fourth-order valence-corrected chi connectivity index (χ4v) is 1.38. The molecule has 0 saturated heterocycles. The van der Waals surface area contributed by atoms with Crippen molar-refractivity contribution in [3.05, 3.63) is 29.3 Å². The van der Waals surface area contributed by atoms with Gasteiger partial charge in [0.1, 0.15) is 17.2 Å². The van der Waals surface area contributed by atoms with Gasteiger partial charge in [-0.05, 0) is 24.5 Å². The summed E-state index contributed by atoms with van der Waals surface area (Å²) in [6, 6.07) is 1.45. The van der Waals surface area contributed by atoms with E-state index >= 15 is 0 Å². The van der Waals surface area contributed by atoms with Crippen LogP contribution in [0.2, 0.25) is 0 Å². The Labute approximate surface area is 102 Å². The third-order valence-corrected chi connectivity index (χ3v) is 2.49. The van der Waals surface area contributed by atoms with Crippen molar-refractivity contribution < 1.29 is 28.7 Å². The summed E-state index contributed by atoms with van der Waals surface area (Å²) < 4.78 is 27.1. The average Bonchev–Trinajstić information content (AvgIpc) is 2.22. The molecule has 0 bridgehead atoms. The van der Waals surface area contributed by atoms with Crippen LogP contribution in [0, 0.1) is 11.6 Å². The van der Waals surface area contributed by atoms with Gasteiger partial charge >= 0.3 is 13.1 Å². The molecule has 0 aromatic heterocycles. The molecule has 0 unspecified atom stereocenters. The molecule has 0 spiro atoms. The molecule has 0 saturated carbocycles. The second kappa shape index (κ2) is 5.01. The Morgan fingerprint density at radius 1 is 1.39 bits per heavy atom. The molecule has 0 heterocycles. The highest BCUT2D eigenvalue weighted by Gasteiger charge is 2.31. The lowest BCUT2D eigenvalue weighted by molar-refractivity contribution is -0.142. The van der Waals surface area contributed by atoms with Gasteiger partial charge in [0.2, 0.25) is 0 Å². The lowest BCUT2D eigenvalue weighted by atomic mass is 9.79. The highest BCUT2D eigenvalue weighted by Crippen LogP contribution is 2.17. The number of hydrogen-bond acceptors (Lipinski definition) is 4. The zero-order chi connectivity index (χ0) is 14.1. The fourth-order valence-electron chi connectivity index (χ4n) is 1.38. The van der Waals surface area contributed by atoms with Gasteiger partial charge in [-0.15, -0.1) is 0 Å². The molecule has 0 radical (unpaired) electrons. The molecule has 18 heavy (non-hydrogen) atoms. The van der Waals surface area contributed by atoms with E-state index in [0.29, 0.717) is 0 Å². The first kappa shape index (κ1) is 14.6. The van der Waals surface area contributed by atoms with Gasteiger partial charge < -0.3 is 20.9 Å². The number of nitrogens with two attached hydrogens (primary N) is 1. The average molecular weight is 259 g/mol. The number of aliphatic carboxylic acids is 1. The maximum absolute atomic E-state index is 13.6. The Morgan fingerprint density at radius 3 is 2.17 bits per heavy atom. The van der Waals surface area contributed by atoms with E-state index in [9.17, 15) is 13.6 Å². The summed E-state index contributed by atoms with van der Waals surface area (Å²) in [5.74, 6) is -3.54. The van der Waals surface area contributed by atoms with Gasteiger partial charge in [-0.2, -0.15) is 0 Å². The van der Waals surface area contributed by atoms with Gasteiger partial charge in [0.15, 0.2) is 0 Å². The summed E-state index contributed by atoms with van der Waals surface area (Å²) >= 11 is 0. The molecule has 0 fully saturated rings. The molecule has 5 N–H and O–H groups in total. The predicted octanol–water partition coefficient (Wildman–Crippen LogP) is -1.01. The molecule has 0 aliphatic rings. The van der Waals surface area contributed by atoms with Crippen molar-refractivity contribution in [2.24, 2.45) is 5.73 Å². The number of benzene rings is 1. The molecule has 1 rings (SSSR count). The third-order valence-electron chi connectivity index (χ3n) is 2.49. The van der Waals surface area contributed by atoms with E-state index in [1.165, 1.54) is 0 Å². The molecule has 1 aromatic rings. The number of halogens is 2. The van der Waals surface area contributed by atoms with Crippen molar-refractivity contribution in [2.75, 3.05) is 0 Å². The second-order valence-corrected chi connectivity index (χ2v) is 4.24. The van der Waals surface area contributed by atoms with E-state index in [2.05, 4.69) is 0 Å². The Bertz CT molecular complexity index is 456. The Kier molecular flexibility index (Phi) is 4.05. The molecule has 0 aliphatic carbocycles. The largest absolute Gasteiger partial charge is 0.488 e. The van der Waals surface area contributed by atoms with Gasteiger partial charge in [0.25, 0.3) is 0 Å². The van der Waals surface area contributed by atoms with E-state index < -0.39 is 42.2 Å². The number of carboxylic acid groups (broad SMARTS) is 1. The van der Waals surface area contributed by atoms with Crippen LogP contribution in [0.5, 0.6) is 0 Å². The molecule has 8 heteroatoms. The summed E-state index contributed by atoms with van der Waals surface area (Å²) in [7, 11) is -2.01. The molecular weight excluding hydrogens is 247 g/mol. The van der Waals surface area contributed by atoms with Crippen LogP contribution in [-0.4, -0.2) is 33.8 Å². The first-order chi connectivity index (χ1) is 8.15. The van der Waals surface area contributed by atoms with E-state index in [0.717, 1.165) is 19.1 Å². The quantitative estimate of drug-likeness (QED) is 0.518. The highest BCUT2D eigenvalue weighted by atomic mass is 19.1. The summed E-state index contributed by atoms with van der Waals surface area (Å²) in [5.41, 5.74) is 2.71. The fraction of sp³-hybridized carbons (Fsp3) is 0.300. The van der Waals surface area contributed by atoms with Crippen LogP contribution >= 0.6 is 0 Å². The second-order valence-electron chi connectivity index (χ2n) is 4.24. The Morgan fingerprint density at radius 2 is 1.83 bits per heavy atom. The van der Waals surface area contributed by atoms with Crippen molar-refractivity contribution in [1.82, 2.24) is 0 Å². The van der Waals surface area contributed by atoms with Crippen LogP contribution in [-0.2, 0) is 11.2 Å². The van der Waals surface area contributed by atoms with Gasteiger partial charge in [0, 0.05) is 12.0 Å². The van der Waals surface area contributed by atoms with Crippen LogP contribution < -0.4 is 11.2 Å². The van der Waals surface area contributed by atoms with Crippen LogP contribution in [0.15, 0.2) is 12.1 Å². The SMILES string of the molecule is C[C@](N)(Cc1c(F)cc(B(O)O)cc1F)C(=O)O. The molecular formula is C10H12BF2NO4. The van der Waals surface area contributed by atoms with Gasteiger partial charge in [-0.1, -0.05) is 0 Å². The normalized spacial score (nSPS) is 14.1. The summed E-state index contributed by atoms with van der Waals surface area (Å²) in [6.07, 6.45) is -0.554. The lowest BCUT2D eigenvalue weighted by Crippen LogP contribution is -2.47. The minimum absolute atomic E-state index is 0.359. The van der Waals surface area contributed by atoms with Crippen LogP contribution in [0.25, 0.3) is 0 Å². The molecule has 1 atom stereocenters. The number of carboxylic acids is 1. The van der Waals surface area contributed by atoms with Gasteiger partial charge in [-0.3, -0.25) is 4.79 Å². The topological polar surface area (TPSA) is 104 Å². The van der Waals surface area contributed by atoms with E-state index in [1.807, 2.05) is 0 Å². The van der Waals surface area contributed by atoms with Crippen molar-refractivity contribution in [3.8, 4) is 0 Å². The van der Waals surface area contributed by atoms with Gasteiger partial charge in [0.05, 0.1) is 0 Å². The van der Waals surface area contributed by atoms with Crippen LogP contribution in [0.1, 0.15) is 12.5 Å². The minimum atomic E-state index is -2.01. The third kappa shape index (κ3) is 3.03. The zero-order valence-electron chi connectivity index (χ0n) is 9.52. The summed E-state index contributed by atoms with van der Waals surface area (Å²) in [6.45, 7) is 1.13. The van der Waals surface area contributed by atoms with Crippen molar-refractivity contribution in [3.63, 3.8) is 0 Å². The van der Waals surface area contributed by atoms with Crippen molar-refractivity contribution in [1.29, 1.82) is 0 Å². The van der Waals surface area contributed by atoms with Crippen LogP contribution in [0.4, 0.5) is 8.78 Å². The first-order valence-corrected chi connectivity index (χ1v) is 5.01.